The van der Waals surface area contributed by atoms with Crippen molar-refractivity contribution < 1.29 is 113 Å². The average molecular weight is 975 g/mol. The van der Waals surface area contributed by atoms with Crippen LogP contribution in [-0.4, -0.2) is 221 Å². The van der Waals surface area contributed by atoms with E-state index in [2.05, 4.69) is 0 Å². The lowest BCUT2D eigenvalue weighted by molar-refractivity contribution is -0.472. The second kappa shape index (κ2) is 25.3. The van der Waals surface area contributed by atoms with Gasteiger partial charge < -0.3 is 109 Å². The van der Waals surface area contributed by atoms with Crippen LogP contribution in [0.25, 0.3) is 0 Å². The summed E-state index contributed by atoms with van der Waals surface area (Å²) < 4.78 is 60.1. The number of carboxylic acid groups (broad SMARTS) is 1. The molecular formula is C44H78O23. The Hall–Kier alpha value is -1.37. The Morgan fingerprint density at radius 1 is 0.537 bits per heavy atom. The van der Waals surface area contributed by atoms with Crippen molar-refractivity contribution in [3.8, 4) is 0 Å². The van der Waals surface area contributed by atoms with Gasteiger partial charge in [-0.05, 0) is 47.0 Å². The third-order valence-corrected chi connectivity index (χ3v) is 13.5. The molecule has 25 atom stereocenters. The molecule has 5 fully saturated rings. The first-order valence-electron chi connectivity index (χ1n) is 23.9. The predicted octanol–water partition coefficient (Wildman–Crippen LogP) is -1.79. The van der Waals surface area contributed by atoms with Crippen LogP contribution in [0.5, 0.6) is 0 Å². The first-order valence-corrected chi connectivity index (χ1v) is 23.9. The summed E-state index contributed by atoms with van der Waals surface area (Å²) in [6, 6.07) is 0. The van der Waals surface area contributed by atoms with Crippen LogP contribution in [0.15, 0.2) is 0 Å². The Bertz CT molecular complexity index is 1480. The Labute approximate surface area is 390 Å². The summed E-state index contributed by atoms with van der Waals surface area (Å²) in [4.78, 5) is 10.8. The molecule has 12 N–H and O–H groups in total. The lowest BCUT2D eigenvalue weighted by atomic mass is 9.93. The number of aliphatic hydroxyl groups is 11. The van der Waals surface area contributed by atoms with Gasteiger partial charge in [0, 0.05) is 12.3 Å². The van der Waals surface area contributed by atoms with Gasteiger partial charge in [-0.2, -0.15) is 0 Å². The molecule has 0 amide bonds. The van der Waals surface area contributed by atoms with E-state index in [4.69, 9.17) is 52.5 Å². The van der Waals surface area contributed by atoms with E-state index in [0.29, 0.717) is 19.3 Å². The minimum Gasteiger partial charge on any atom is -0.481 e. The van der Waals surface area contributed by atoms with E-state index in [0.717, 1.165) is 44.9 Å². The van der Waals surface area contributed by atoms with E-state index >= 15 is 0 Å². The Balaban J connectivity index is 1.34. The van der Waals surface area contributed by atoms with Gasteiger partial charge in [-0.25, -0.2) is 0 Å². The molecule has 23 nitrogen and oxygen atoms in total. The highest BCUT2D eigenvalue weighted by molar-refractivity contribution is 5.66. The smallest absolute Gasteiger partial charge is 0.311 e. The van der Waals surface area contributed by atoms with E-state index in [-0.39, 0.29) is 13.0 Å². The maximum absolute atomic E-state index is 12.0. The van der Waals surface area contributed by atoms with Crippen molar-refractivity contribution in [3.63, 3.8) is 0 Å². The third kappa shape index (κ3) is 14.0. The van der Waals surface area contributed by atoms with E-state index in [9.17, 15) is 61.0 Å². The first kappa shape index (κ1) is 56.5. The zero-order valence-electron chi connectivity index (χ0n) is 39.2. The molecule has 5 aliphatic heterocycles. The quantitative estimate of drug-likeness (QED) is 0.0421. The summed E-state index contributed by atoms with van der Waals surface area (Å²) in [5, 5.41) is 130. The van der Waals surface area contributed by atoms with Crippen molar-refractivity contribution in [3.05, 3.63) is 0 Å². The molecule has 67 heavy (non-hydrogen) atoms. The number of carbonyl (C=O) groups is 1. The molecule has 0 radical (unpaired) electrons. The molecule has 0 aliphatic carbocycles. The van der Waals surface area contributed by atoms with Crippen molar-refractivity contribution in [1.82, 2.24) is 0 Å². The zero-order chi connectivity index (χ0) is 49.5. The fraction of sp³-hybridized carbons (Fsp3) is 0.977. The molecule has 5 saturated heterocycles. The largest absolute Gasteiger partial charge is 0.481 e. The van der Waals surface area contributed by atoms with Gasteiger partial charge in [-0.15, -0.1) is 0 Å². The normalized spacial score (nSPS) is 46.9. The zero-order valence-corrected chi connectivity index (χ0v) is 39.2. The fourth-order valence-corrected chi connectivity index (χ4v) is 9.13. The van der Waals surface area contributed by atoms with Gasteiger partial charge in [0.2, 0.25) is 0 Å². The molecule has 0 aromatic heterocycles. The molecule has 0 saturated carbocycles. The van der Waals surface area contributed by atoms with Gasteiger partial charge in [0.1, 0.15) is 73.2 Å². The van der Waals surface area contributed by atoms with Gasteiger partial charge in [0.05, 0.1) is 43.2 Å². The van der Waals surface area contributed by atoms with Crippen LogP contribution >= 0.6 is 0 Å². The Morgan fingerprint density at radius 2 is 1.00 bits per heavy atom. The second-order valence-electron chi connectivity index (χ2n) is 19.0. The van der Waals surface area contributed by atoms with Crippen molar-refractivity contribution >= 4 is 5.97 Å². The Kier molecular flexibility index (Phi) is 21.4. The highest BCUT2D eigenvalue weighted by atomic mass is 16.9. The van der Waals surface area contributed by atoms with Gasteiger partial charge in [0.25, 0.3) is 0 Å². The molecule has 5 rings (SSSR count). The van der Waals surface area contributed by atoms with E-state index in [1.165, 1.54) is 27.7 Å². The van der Waals surface area contributed by atoms with Crippen molar-refractivity contribution in [2.45, 2.75) is 259 Å². The van der Waals surface area contributed by atoms with Crippen LogP contribution in [0.3, 0.4) is 0 Å². The molecule has 23 heteroatoms. The molecule has 0 unspecified atom stereocenters. The lowest BCUT2D eigenvalue weighted by Gasteiger charge is -2.51. The maximum Gasteiger partial charge on any atom is 0.311 e. The summed E-state index contributed by atoms with van der Waals surface area (Å²) in [7, 11) is 0. The van der Waals surface area contributed by atoms with Crippen molar-refractivity contribution in [2.24, 2.45) is 5.92 Å². The lowest BCUT2D eigenvalue weighted by Crippen LogP contribution is -2.69. The monoisotopic (exact) mass is 974 g/mol. The van der Waals surface area contributed by atoms with Gasteiger partial charge in [0.15, 0.2) is 31.3 Å². The van der Waals surface area contributed by atoms with Crippen LogP contribution in [0, 0.1) is 5.92 Å². The number of carboxylic acids is 1. The van der Waals surface area contributed by atoms with Crippen molar-refractivity contribution in [1.29, 1.82) is 0 Å². The summed E-state index contributed by atoms with van der Waals surface area (Å²) in [6.45, 7) is 9.01. The van der Waals surface area contributed by atoms with Crippen LogP contribution in [0.4, 0.5) is 0 Å². The molecule has 0 aromatic carbocycles. The Morgan fingerprint density at radius 3 is 1.55 bits per heavy atom. The van der Waals surface area contributed by atoms with Crippen molar-refractivity contribution in [2.75, 3.05) is 6.61 Å². The minimum atomic E-state index is -2.96. The van der Waals surface area contributed by atoms with Gasteiger partial charge in [-0.1, -0.05) is 58.8 Å². The average Bonchev–Trinajstić information content (AvgIpc) is 3.28. The highest BCUT2D eigenvalue weighted by Gasteiger charge is 2.59. The van der Waals surface area contributed by atoms with Crippen LogP contribution in [0.1, 0.15) is 112 Å². The van der Waals surface area contributed by atoms with Gasteiger partial charge in [-0.3, -0.25) is 4.79 Å². The van der Waals surface area contributed by atoms with Crippen LogP contribution in [-0.2, 0) is 52.2 Å². The van der Waals surface area contributed by atoms with E-state index < -0.39 is 159 Å². The SMILES string of the molecule is CCC[C@@H](CCCCCCCCCC(=O)O)O[C@@H]1O[C@H](C)[C@@H](O)[C@H](O)[C@H]1O[C@@]1(O)OC[C@H](C)[C@@H](O[C@@H]2O[C@H](C)[C@@H](O)[C@@H](O[C@@H]3O[C@@H](C)[C@H](O)[C@@H](O)[C@H]3O)[C@H]2O[C@@H]2O[C@@H](C)[C@H](O)[C@@H](O)[C@H]2O)[C@@H]1O. The molecule has 5 heterocycles. The standard InChI is InChI=1S/C44H78O23/c1-7-15-24(16-13-11-9-8-10-12-14-17-25(45)46)63-42-37(32(53)28(49)22(5)61-42)67-44(57)39(56)35(19(2)18-58-44)64-43-38(66-41-34(55)31(52)27(48)21(4)60-41)36(29(50)23(6)62-43)65-40-33(54)30(51)26(47)20(3)59-40/h19-24,26-43,47-57H,7-18H2,1-6H3,(H,45,46)/t19-,20-,21-,22+,23+,24-,26-,27-,28+,29+,30+,31+,32-,33+,34+,35+,36+,37+,38+,39-,40-,41-,42-,43-,44-/m0/s1. The second-order valence-corrected chi connectivity index (χ2v) is 19.0. The van der Waals surface area contributed by atoms with E-state index in [1.54, 1.807) is 6.92 Å². The third-order valence-electron chi connectivity index (χ3n) is 13.5. The fourth-order valence-electron chi connectivity index (χ4n) is 9.13. The molecule has 0 spiro atoms. The summed E-state index contributed by atoms with van der Waals surface area (Å²) in [6.07, 6.45) is -26.8. The maximum atomic E-state index is 12.0. The molecular weight excluding hydrogens is 896 g/mol. The number of aliphatic hydroxyl groups excluding tert-OH is 10. The number of aliphatic carboxylic acids is 1. The van der Waals surface area contributed by atoms with Crippen LogP contribution in [0.2, 0.25) is 0 Å². The van der Waals surface area contributed by atoms with Gasteiger partial charge >= 0.3 is 11.9 Å². The highest BCUT2D eigenvalue weighted by Crippen LogP contribution is 2.39. The topological polar surface area (TPSA) is 352 Å². The number of hydrogen-bond donors (Lipinski definition) is 12. The summed E-state index contributed by atoms with van der Waals surface area (Å²) in [5.41, 5.74) is 0. The number of hydrogen-bond acceptors (Lipinski definition) is 22. The minimum absolute atomic E-state index is 0.158. The summed E-state index contributed by atoms with van der Waals surface area (Å²) in [5.74, 6) is -4.54. The molecule has 392 valence electrons. The summed E-state index contributed by atoms with van der Waals surface area (Å²) >= 11 is 0. The van der Waals surface area contributed by atoms with Crippen LogP contribution < -0.4 is 0 Å². The molecule has 5 aliphatic rings. The first-order chi connectivity index (χ1) is 31.6. The number of rotatable bonds is 22. The number of unbranched alkanes of at least 4 members (excludes halogenated alkanes) is 6. The molecule has 0 aromatic rings. The van der Waals surface area contributed by atoms with E-state index in [1.807, 2.05) is 6.92 Å². The molecule has 0 bridgehead atoms. The predicted molar refractivity (Wildman–Crippen MR) is 226 cm³/mol. The number of ether oxygens (including phenoxy) is 10.